The van der Waals surface area contributed by atoms with Gasteiger partial charge in [-0.3, -0.25) is 11.3 Å². The molecule has 3 N–H and O–H groups in total. The molecule has 0 aromatic heterocycles. The maximum atomic E-state index is 5.84. The van der Waals surface area contributed by atoms with Crippen molar-refractivity contribution in [2.24, 2.45) is 5.84 Å². The van der Waals surface area contributed by atoms with Crippen molar-refractivity contribution in [3.63, 3.8) is 0 Å². The molecule has 0 spiro atoms. The summed E-state index contributed by atoms with van der Waals surface area (Å²) in [6.07, 6.45) is 10.0. The molecule has 0 aromatic carbocycles. The van der Waals surface area contributed by atoms with E-state index in [4.69, 9.17) is 10.6 Å². The molecule has 0 aromatic rings. The third kappa shape index (κ3) is 3.92. The highest BCUT2D eigenvalue weighted by Crippen LogP contribution is 2.35. The fourth-order valence-electron chi connectivity index (χ4n) is 3.39. The number of likely N-dealkylation sites (N-methyl/N-ethyl adjacent to an activating group) is 1. The topological polar surface area (TPSA) is 50.5 Å². The van der Waals surface area contributed by atoms with Gasteiger partial charge in [-0.25, -0.2) is 0 Å². The van der Waals surface area contributed by atoms with Gasteiger partial charge in [-0.15, -0.1) is 0 Å². The second-order valence-electron chi connectivity index (χ2n) is 5.77. The van der Waals surface area contributed by atoms with E-state index in [-0.39, 0.29) is 5.54 Å². The molecule has 1 saturated carbocycles. The van der Waals surface area contributed by atoms with Crippen LogP contribution in [-0.4, -0.2) is 44.3 Å². The molecule has 1 rings (SSSR count). The second kappa shape index (κ2) is 8.10. The standard InChI is InChI=1S/C14H31N3O/c1-17(2)14(10-6-4-5-7-11-14)13(16-15)9-8-12-18-3/h13,16H,4-12,15H2,1-3H3. The van der Waals surface area contributed by atoms with E-state index in [9.17, 15) is 0 Å². The Kier molecular flexibility index (Phi) is 7.15. The Bertz CT molecular complexity index is 213. The van der Waals surface area contributed by atoms with E-state index in [1.807, 2.05) is 0 Å². The van der Waals surface area contributed by atoms with E-state index in [1.54, 1.807) is 7.11 Å². The van der Waals surface area contributed by atoms with Gasteiger partial charge in [0.1, 0.15) is 0 Å². The Hall–Kier alpha value is -0.160. The summed E-state index contributed by atoms with van der Waals surface area (Å²) in [6, 6.07) is 0.362. The maximum Gasteiger partial charge on any atom is 0.0462 e. The number of nitrogens with zero attached hydrogens (tertiary/aromatic N) is 1. The molecule has 4 heteroatoms. The van der Waals surface area contributed by atoms with Crippen LogP contribution < -0.4 is 11.3 Å². The number of nitrogens with one attached hydrogen (secondary N) is 1. The molecule has 0 bridgehead atoms. The normalized spacial score (nSPS) is 21.8. The molecule has 0 heterocycles. The van der Waals surface area contributed by atoms with Crippen LogP contribution in [0.3, 0.4) is 0 Å². The lowest BCUT2D eigenvalue weighted by Crippen LogP contribution is -2.60. The average molecular weight is 257 g/mol. The van der Waals surface area contributed by atoms with Crippen LogP contribution in [0.25, 0.3) is 0 Å². The third-order valence-corrected chi connectivity index (χ3v) is 4.55. The first-order chi connectivity index (χ1) is 8.67. The van der Waals surface area contributed by atoms with E-state index < -0.39 is 0 Å². The van der Waals surface area contributed by atoms with Crippen molar-refractivity contribution in [3.05, 3.63) is 0 Å². The van der Waals surface area contributed by atoms with Gasteiger partial charge in [-0.05, 0) is 39.8 Å². The quantitative estimate of drug-likeness (QED) is 0.316. The van der Waals surface area contributed by atoms with E-state index >= 15 is 0 Å². The molecule has 0 saturated heterocycles. The minimum absolute atomic E-state index is 0.221. The molecule has 1 aliphatic rings. The van der Waals surface area contributed by atoms with Gasteiger partial charge in [0.25, 0.3) is 0 Å². The molecule has 1 fully saturated rings. The van der Waals surface area contributed by atoms with Crippen molar-refractivity contribution in [1.29, 1.82) is 0 Å². The fraction of sp³-hybridized carbons (Fsp3) is 1.00. The molecular weight excluding hydrogens is 226 g/mol. The smallest absolute Gasteiger partial charge is 0.0462 e. The van der Waals surface area contributed by atoms with Gasteiger partial charge >= 0.3 is 0 Å². The van der Waals surface area contributed by atoms with Crippen LogP contribution in [0.4, 0.5) is 0 Å². The van der Waals surface area contributed by atoms with Gasteiger partial charge in [0.2, 0.25) is 0 Å². The molecule has 18 heavy (non-hydrogen) atoms. The lowest BCUT2D eigenvalue weighted by molar-refractivity contribution is 0.0706. The lowest BCUT2D eigenvalue weighted by atomic mass is 9.79. The zero-order chi connectivity index (χ0) is 13.4. The van der Waals surface area contributed by atoms with Gasteiger partial charge in [0, 0.05) is 25.3 Å². The molecule has 1 unspecified atom stereocenters. The predicted octanol–water partition coefficient (Wildman–Crippen LogP) is 1.90. The van der Waals surface area contributed by atoms with Crippen LogP contribution in [0.5, 0.6) is 0 Å². The number of ether oxygens (including phenoxy) is 1. The highest BCUT2D eigenvalue weighted by Gasteiger charge is 2.39. The minimum atomic E-state index is 0.221. The van der Waals surface area contributed by atoms with Crippen LogP contribution in [0.15, 0.2) is 0 Å². The summed E-state index contributed by atoms with van der Waals surface area (Å²) in [6.45, 7) is 0.821. The summed E-state index contributed by atoms with van der Waals surface area (Å²) >= 11 is 0. The van der Waals surface area contributed by atoms with Crippen LogP contribution in [-0.2, 0) is 4.74 Å². The second-order valence-corrected chi connectivity index (χ2v) is 5.77. The first-order valence-corrected chi connectivity index (χ1v) is 7.30. The van der Waals surface area contributed by atoms with Crippen molar-refractivity contribution in [1.82, 2.24) is 10.3 Å². The molecule has 0 aliphatic heterocycles. The largest absolute Gasteiger partial charge is 0.385 e. The summed E-state index contributed by atoms with van der Waals surface area (Å²) in [5, 5.41) is 0. The van der Waals surface area contributed by atoms with Crippen LogP contribution in [0.1, 0.15) is 51.4 Å². The number of hydrazine groups is 1. The zero-order valence-corrected chi connectivity index (χ0v) is 12.4. The van der Waals surface area contributed by atoms with E-state index in [1.165, 1.54) is 38.5 Å². The summed E-state index contributed by atoms with van der Waals surface area (Å²) in [5.74, 6) is 5.84. The Morgan fingerprint density at radius 1 is 1.22 bits per heavy atom. The van der Waals surface area contributed by atoms with Gasteiger partial charge in [0.05, 0.1) is 0 Å². The summed E-state index contributed by atoms with van der Waals surface area (Å²) in [7, 11) is 6.16. The molecule has 0 amide bonds. The number of hydrogen-bond donors (Lipinski definition) is 2. The first-order valence-electron chi connectivity index (χ1n) is 7.30. The van der Waals surface area contributed by atoms with Gasteiger partial charge < -0.3 is 9.64 Å². The summed E-state index contributed by atoms with van der Waals surface area (Å²) in [5.41, 5.74) is 3.30. The highest BCUT2D eigenvalue weighted by atomic mass is 16.5. The van der Waals surface area contributed by atoms with E-state index in [2.05, 4.69) is 24.4 Å². The molecule has 1 aliphatic carbocycles. The monoisotopic (exact) mass is 257 g/mol. The minimum Gasteiger partial charge on any atom is -0.385 e. The van der Waals surface area contributed by atoms with E-state index in [0.29, 0.717) is 6.04 Å². The fourth-order valence-corrected chi connectivity index (χ4v) is 3.39. The van der Waals surface area contributed by atoms with Crippen molar-refractivity contribution in [2.75, 3.05) is 27.8 Å². The molecule has 1 atom stereocenters. The summed E-state index contributed by atoms with van der Waals surface area (Å²) in [4.78, 5) is 2.40. The number of rotatable bonds is 7. The molecular formula is C14H31N3O. The van der Waals surface area contributed by atoms with Crippen molar-refractivity contribution in [2.45, 2.75) is 62.9 Å². The van der Waals surface area contributed by atoms with E-state index in [0.717, 1.165) is 19.4 Å². The first kappa shape index (κ1) is 15.9. The Morgan fingerprint density at radius 3 is 2.28 bits per heavy atom. The van der Waals surface area contributed by atoms with Crippen LogP contribution in [0, 0.1) is 0 Å². The Morgan fingerprint density at radius 2 is 1.83 bits per heavy atom. The maximum absolute atomic E-state index is 5.84. The predicted molar refractivity (Wildman–Crippen MR) is 76.3 cm³/mol. The molecule has 4 nitrogen and oxygen atoms in total. The van der Waals surface area contributed by atoms with Gasteiger partial charge in [-0.1, -0.05) is 25.7 Å². The average Bonchev–Trinajstić information content (AvgIpc) is 2.61. The van der Waals surface area contributed by atoms with Crippen molar-refractivity contribution < 1.29 is 4.74 Å². The lowest BCUT2D eigenvalue weighted by Gasteiger charge is -2.45. The number of hydrogen-bond acceptors (Lipinski definition) is 4. The van der Waals surface area contributed by atoms with Gasteiger partial charge in [0.15, 0.2) is 0 Å². The Balaban J connectivity index is 2.71. The number of nitrogens with two attached hydrogens (primary N) is 1. The Labute approximate surface area is 112 Å². The van der Waals surface area contributed by atoms with Crippen LogP contribution >= 0.6 is 0 Å². The van der Waals surface area contributed by atoms with Crippen LogP contribution in [0.2, 0.25) is 0 Å². The number of methoxy groups -OCH3 is 1. The van der Waals surface area contributed by atoms with Crippen molar-refractivity contribution in [3.8, 4) is 0 Å². The third-order valence-electron chi connectivity index (χ3n) is 4.55. The van der Waals surface area contributed by atoms with Crippen molar-refractivity contribution >= 4 is 0 Å². The SMILES string of the molecule is COCCCC(NN)C1(N(C)C)CCCCCC1. The van der Waals surface area contributed by atoms with Gasteiger partial charge in [-0.2, -0.15) is 0 Å². The highest BCUT2D eigenvalue weighted by molar-refractivity contribution is 4.98. The molecule has 0 radical (unpaired) electrons. The molecule has 108 valence electrons. The summed E-state index contributed by atoms with van der Waals surface area (Å²) < 4.78 is 5.16. The zero-order valence-electron chi connectivity index (χ0n) is 12.4.